The van der Waals surface area contributed by atoms with Gasteiger partial charge in [0.1, 0.15) is 5.67 Å². The van der Waals surface area contributed by atoms with Gasteiger partial charge >= 0.3 is 0 Å². The highest BCUT2D eigenvalue weighted by Gasteiger charge is 2.23. The van der Waals surface area contributed by atoms with Gasteiger partial charge in [0.05, 0.1) is 17.6 Å². The van der Waals surface area contributed by atoms with Crippen molar-refractivity contribution in [2.45, 2.75) is 33.0 Å². The molecule has 0 amide bonds. The Kier molecular flexibility index (Phi) is 5.27. The SMILES string of the molecule is C=C(N)c1ccc2c(c1)nc(Nc1ccc(C)cc1)n2Cc1ccccc1C(C)(C)F. The van der Waals surface area contributed by atoms with Crippen LogP contribution in [0.5, 0.6) is 0 Å². The number of aromatic nitrogens is 2. The molecule has 0 bridgehead atoms. The first-order chi connectivity index (χ1) is 14.7. The Morgan fingerprint density at radius 1 is 1.10 bits per heavy atom. The molecule has 5 heteroatoms. The molecule has 31 heavy (non-hydrogen) atoms. The van der Waals surface area contributed by atoms with Crippen LogP contribution in [0.3, 0.4) is 0 Å². The van der Waals surface area contributed by atoms with E-state index in [1.165, 1.54) is 5.56 Å². The number of nitrogens with zero attached hydrogens (tertiary/aromatic N) is 2. The van der Waals surface area contributed by atoms with Gasteiger partial charge in [-0.05, 0) is 61.7 Å². The molecule has 0 radical (unpaired) electrons. The monoisotopic (exact) mass is 414 g/mol. The van der Waals surface area contributed by atoms with Crippen LogP contribution < -0.4 is 11.1 Å². The maximum Gasteiger partial charge on any atom is 0.208 e. The number of rotatable bonds is 6. The smallest absolute Gasteiger partial charge is 0.208 e. The van der Waals surface area contributed by atoms with Crippen LogP contribution in [0, 0.1) is 6.92 Å². The van der Waals surface area contributed by atoms with Gasteiger partial charge in [-0.3, -0.25) is 0 Å². The zero-order valence-electron chi connectivity index (χ0n) is 18.1. The molecule has 0 saturated carbocycles. The molecule has 0 fully saturated rings. The third-order valence-corrected chi connectivity index (χ3v) is 5.41. The summed E-state index contributed by atoms with van der Waals surface area (Å²) in [6.07, 6.45) is 0. The predicted molar refractivity (Wildman–Crippen MR) is 127 cm³/mol. The maximum atomic E-state index is 14.9. The summed E-state index contributed by atoms with van der Waals surface area (Å²) >= 11 is 0. The quantitative estimate of drug-likeness (QED) is 0.391. The lowest BCUT2D eigenvalue weighted by molar-refractivity contribution is 0.219. The first-order valence-corrected chi connectivity index (χ1v) is 10.3. The van der Waals surface area contributed by atoms with Crippen LogP contribution in [-0.2, 0) is 12.2 Å². The standard InChI is InChI=1S/C26H27FN4/c1-17-9-12-21(13-10-17)29-25-30-23-15-19(18(2)28)11-14-24(23)31(25)16-20-7-5-6-8-22(20)26(3,4)27/h5-15H,2,16,28H2,1,3-4H3,(H,29,30). The van der Waals surface area contributed by atoms with Crippen molar-refractivity contribution in [1.29, 1.82) is 0 Å². The fraction of sp³-hybridized carbons (Fsp3) is 0.192. The van der Waals surface area contributed by atoms with Crippen LogP contribution in [0.25, 0.3) is 16.7 Å². The zero-order chi connectivity index (χ0) is 22.2. The summed E-state index contributed by atoms with van der Waals surface area (Å²) < 4.78 is 17.0. The molecule has 4 rings (SSSR count). The van der Waals surface area contributed by atoms with E-state index in [0.717, 1.165) is 27.8 Å². The Morgan fingerprint density at radius 3 is 2.48 bits per heavy atom. The number of fused-ring (bicyclic) bond motifs is 1. The van der Waals surface area contributed by atoms with Gasteiger partial charge in [-0.15, -0.1) is 0 Å². The van der Waals surface area contributed by atoms with E-state index in [1.807, 2.05) is 66.7 Å². The van der Waals surface area contributed by atoms with Crippen LogP contribution in [0.1, 0.15) is 36.1 Å². The summed E-state index contributed by atoms with van der Waals surface area (Å²) in [7, 11) is 0. The molecule has 0 saturated heterocycles. The van der Waals surface area contributed by atoms with Gasteiger partial charge in [-0.1, -0.05) is 54.6 Å². The largest absolute Gasteiger partial charge is 0.399 e. The molecule has 1 aromatic heterocycles. The number of halogens is 1. The van der Waals surface area contributed by atoms with E-state index >= 15 is 0 Å². The fourth-order valence-electron chi connectivity index (χ4n) is 3.76. The lowest BCUT2D eigenvalue weighted by atomic mass is 9.94. The van der Waals surface area contributed by atoms with Gasteiger partial charge < -0.3 is 15.6 Å². The highest BCUT2D eigenvalue weighted by Crippen LogP contribution is 2.31. The van der Waals surface area contributed by atoms with Crippen molar-refractivity contribution in [3.63, 3.8) is 0 Å². The number of alkyl halides is 1. The van der Waals surface area contributed by atoms with Gasteiger partial charge in [-0.25, -0.2) is 9.37 Å². The second-order valence-electron chi connectivity index (χ2n) is 8.37. The molecule has 0 unspecified atom stereocenters. The van der Waals surface area contributed by atoms with E-state index in [4.69, 9.17) is 10.7 Å². The average molecular weight is 415 g/mol. The second-order valence-corrected chi connectivity index (χ2v) is 8.37. The van der Waals surface area contributed by atoms with Crippen molar-refractivity contribution in [2.24, 2.45) is 5.73 Å². The Morgan fingerprint density at radius 2 is 1.81 bits per heavy atom. The van der Waals surface area contributed by atoms with Gasteiger partial charge in [0.25, 0.3) is 0 Å². The number of hydrogen-bond acceptors (Lipinski definition) is 3. The number of nitrogens with one attached hydrogen (secondary N) is 1. The van der Waals surface area contributed by atoms with Gasteiger partial charge in [0, 0.05) is 11.4 Å². The van der Waals surface area contributed by atoms with Crippen LogP contribution in [-0.4, -0.2) is 9.55 Å². The molecule has 0 aliphatic rings. The zero-order valence-corrected chi connectivity index (χ0v) is 18.1. The summed E-state index contributed by atoms with van der Waals surface area (Å²) in [5, 5.41) is 3.42. The predicted octanol–water partition coefficient (Wildman–Crippen LogP) is 6.27. The van der Waals surface area contributed by atoms with Crippen molar-refractivity contribution in [2.75, 3.05) is 5.32 Å². The molecule has 4 nitrogen and oxygen atoms in total. The van der Waals surface area contributed by atoms with Gasteiger partial charge in [0.2, 0.25) is 5.95 Å². The third-order valence-electron chi connectivity index (χ3n) is 5.41. The Balaban J connectivity index is 1.84. The molecular weight excluding hydrogens is 387 g/mol. The van der Waals surface area contributed by atoms with E-state index in [9.17, 15) is 4.39 Å². The van der Waals surface area contributed by atoms with E-state index in [2.05, 4.69) is 23.4 Å². The molecule has 0 atom stereocenters. The minimum atomic E-state index is -1.44. The van der Waals surface area contributed by atoms with Crippen molar-refractivity contribution in [3.8, 4) is 0 Å². The van der Waals surface area contributed by atoms with Gasteiger partial charge in [0.15, 0.2) is 0 Å². The number of hydrogen-bond donors (Lipinski definition) is 2. The first-order valence-electron chi connectivity index (χ1n) is 10.3. The topological polar surface area (TPSA) is 55.9 Å². The molecule has 4 aromatic rings. The normalized spacial score (nSPS) is 11.6. The van der Waals surface area contributed by atoms with E-state index < -0.39 is 5.67 Å². The lowest BCUT2D eigenvalue weighted by Gasteiger charge is -2.20. The Labute approximate surface area is 182 Å². The van der Waals surface area contributed by atoms with E-state index in [0.29, 0.717) is 23.8 Å². The van der Waals surface area contributed by atoms with Gasteiger partial charge in [-0.2, -0.15) is 0 Å². The second kappa shape index (κ2) is 7.91. The highest BCUT2D eigenvalue weighted by molar-refractivity contribution is 5.83. The van der Waals surface area contributed by atoms with Crippen molar-refractivity contribution >= 4 is 28.4 Å². The number of benzene rings is 3. The van der Waals surface area contributed by atoms with Crippen LogP contribution in [0.2, 0.25) is 0 Å². The summed E-state index contributed by atoms with van der Waals surface area (Å²) in [6.45, 7) is 9.54. The summed E-state index contributed by atoms with van der Waals surface area (Å²) in [4.78, 5) is 4.82. The molecule has 0 aliphatic heterocycles. The van der Waals surface area contributed by atoms with Crippen LogP contribution in [0.4, 0.5) is 16.0 Å². The van der Waals surface area contributed by atoms with Crippen LogP contribution in [0.15, 0.2) is 73.3 Å². The molecule has 0 aliphatic carbocycles. The minimum Gasteiger partial charge on any atom is -0.399 e. The number of imidazole rings is 1. The van der Waals surface area contributed by atoms with Crippen LogP contribution >= 0.6 is 0 Å². The first kappa shape index (κ1) is 20.7. The van der Waals surface area contributed by atoms with E-state index in [1.54, 1.807) is 13.8 Å². The fourth-order valence-corrected chi connectivity index (χ4v) is 3.76. The molecular formula is C26H27FN4. The van der Waals surface area contributed by atoms with Crippen molar-refractivity contribution < 1.29 is 4.39 Å². The summed E-state index contributed by atoms with van der Waals surface area (Å²) in [6, 6.07) is 21.6. The molecule has 3 aromatic carbocycles. The average Bonchev–Trinajstić information content (AvgIpc) is 3.05. The number of anilines is 2. The van der Waals surface area contributed by atoms with Crippen molar-refractivity contribution in [3.05, 3.63) is 95.6 Å². The lowest BCUT2D eigenvalue weighted by Crippen LogP contribution is -2.15. The molecule has 1 heterocycles. The Bertz CT molecular complexity index is 1250. The summed E-state index contributed by atoms with van der Waals surface area (Å²) in [5.74, 6) is 0.685. The van der Waals surface area contributed by atoms with Crippen molar-refractivity contribution in [1.82, 2.24) is 9.55 Å². The van der Waals surface area contributed by atoms with E-state index in [-0.39, 0.29) is 0 Å². The Hall–Kier alpha value is -3.60. The highest BCUT2D eigenvalue weighted by atomic mass is 19.1. The number of aryl methyl sites for hydroxylation is 1. The maximum absolute atomic E-state index is 14.9. The summed E-state index contributed by atoms with van der Waals surface area (Å²) in [5.41, 5.74) is 11.2. The molecule has 158 valence electrons. The third kappa shape index (κ3) is 4.31. The molecule has 0 spiro atoms. The minimum absolute atomic E-state index is 0.483. The number of nitrogens with two attached hydrogens (primary N) is 1. The molecule has 3 N–H and O–H groups in total.